The van der Waals surface area contributed by atoms with E-state index in [0.29, 0.717) is 0 Å². The van der Waals surface area contributed by atoms with Crippen LogP contribution in [0.4, 0.5) is 0 Å². The summed E-state index contributed by atoms with van der Waals surface area (Å²) in [6.45, 7) is 0. The molecule has 0 aromatic carbocycles. The van der Waals surface area contributed by atoms with Gasteiger partial charge in [-0.2, -0.15) is 0 Å². The summed E-state index contributed by atoms with van der Waals surface area (Å²) in [5.41, 5.74) is 0. The monoisotopic (exact) mass is 218 g/mol. The Morgan fingerprint density at radius 2 is 1.31 bits per heavy atom. The molecule has 7 nitrogen and oxygen atoms in total. The Bertz CT molecular complexity index is 479. The highest BCUT2D eigenvalue weighted by atomic mass is 16.2. The van der Waals surface area contributed by atoms with Gasteiger partial charge in [0.15, 0.2) is 11.6 Å². The SMILES string of the molecule is O=C(C(=O)c1ncc[nH]1)C(=O)c1ncc[nH]1. The van der Waals surface area contributed by atoms with Crippen LogP contribution in [-0.4, -0.2) is 37.3 Å². The van der Waals surface area contributed by atoms with Gasteiger partial charge in [0.1, 0.15) is 0 Å². The third-order valence-corrected chi connectivity index (χ3v) is 1.84. The Kier molecular flexibility index (Phi) is 2.42. The first-order chi connectivity index (χ1) is 7.70. The predicted molar refractivity (Wildman–Crippen MR) is 50.8 cm³/mol. The van der Waals surface area contributed by atoms with E-state index in [1.807, 2.05) is 0 Å². The normalized spacial score (nSPS) is 10.0. The number of H-pyrrole nitrogens is 2. The van der Waals surface area contributed by atoms with Crippen molar-refractivity contribution in [1.82, 2.24) is 19.9 Å². The molecule has 0 saturated carbocycles. The van der Waals surface area contributed by atoms with Crippen molar-refractivity contribution >= 4 is 17.3 Å². The lowest BCUT2D eigenvalue weighted by Gasteiger charge is -1.93. The van der Waals surface area contributed by atoms with E-state index in [-0.39, 0.29) is 11.6 Å². The molecule has 0 bridgehead atoms. The number of nitrogens with one attached hydrogen (secondary N) is 2. The summed E-state index contributed by atoms with van der Waals surface area (Å²) >= 11 is 0. The molecular formula is C9H6N4O3. The van der Waals surface area contributed by atoms with Gasteiger partial charge < -0.3 is 9.97 Å². The van der Waals surface area contributed by atoms with E-state index in [1.54, 1.807) is 0 Å². The van der Waals surface area contributed by atoms with E-state index in [2.05, 4.69) is 19.9 Å². The lowest BCUT2D eigenvalue weighted by atomic mass is 10.1. The molecule has 0 aliphatic carbocycles. The predicted octanol–water partition coefficient (Wildman–Crippen LogP) is -0.233. The molecule has 2 N–H and O–H groups in total. The lowest BCUT2D eigenvalue weighted by molar-refractivity contribution is -0.111. The maximum Gasteiger partial charge on any atom is 0.280 e. The van der Waals surface area contributed by atoms with Crippen LogP contribution in [0.5, 0.6) is 0 Å². The number of carbonyl (C=O) groups is 3. The summed E-state index contributed by atoms with van der Waals surface area (Å²) in [6.07, 6.45) is 5.41. The molecule has 7 heteroatoms. The number of aromatic amines is 2. The van der Waals surface area contributed by atoms with Crippen molar-refractivity contribution in [2.75, 3.05) is 0 Å². The zero-order valence-electron chi connectivity index (χ0n) is 7.93. The highest BCUT2D eigenvalue weighted by molar-refractivity contribution is 6.69. The number of aromatic nitrogens is 4. The minimum absolute atomic E-state index is 0.162. The molecule has 0 radical (unpaired) electrons. The second kappa shape index (κ2) is 3.89. The Balaban J connectivity index is 2.21. The summed E-state index contributed by atoms with van der Waals surface area (Å²) < 4.78 is 0. The van der Waals surface area contributed by atoms with Gasteiger partial charge in [-0.15, -0.1) is 0 Å². The Labute approximate surface area is 88.9 Å². The highest BCUT2D eigenvalue weighted by Crippen LogP contribution is 1.98. The van der Waals surface area contributed by atoms with Crippen LogP contribution in [0.25, 0.3) is 0 Å². The molecule has 0 saturated heterocycles. The quantitative estimate of drug-likeness (QED) is 0.418. The van der Waals surface area contributed by atoms with Gasteiger partial charge in [-0.3, -0.25) is 14.4 Å². The van der Waals surface area contributed by atoms with Crippen LogP contribution in [0.1, 0.15) is 21.2 Å². The van der Waals surface area contributed by atoms with Gasteiger partial charge in [0.2, 0.25) is 0 Å². The summed E-state index contributed by atoms with van der Waals surface area (Å²) in [5.74, 6) is -3.46. The number of nitrogens with zero attached hydrogens (tertiary/aromatic N) is 2. The fourth-order valence-electron chi connectivity index (χ4n) is 1.10. The van der Waals surface area contributed by atoms with Crippen LogP contribution in [0.2, 0.25) is 0 Å². The fourth-order valence-corrected chi connectivity index (χ4v) is 1.10. The maximum absolute atomic E-state index is 11.4. The average Bonchev–Trinajstić information content (AvgIpc) is 2.97. The summed E-state index contributed by atoms with van der Waals surface area (Å²) in [4.78, 5) is 46.4. The van der Waals surface area contributed by atoms with Gasteiger partial charge in [0.25, 0.3) is 17.3 Å². The van der Waals surface area contributed by atoms with Gasteiger partial charge in [-0.1, -0.05) is 0 Å². The number of imidazole rings is 2. The van der Waals surface area contributed by atoms with Crippen LogP contribution in [0.15, 0.2) is 24.8 Å². The van der Waals surface area contributed by atoms with E-state index in [4.69, 9.17) is 0 Å². The zero-order chi connectivity index (χ0) is 11.5. The fraction of sp³-hybridized carbons (Fsp3) is 0. The first kappa shape index (κ1) is 9.97. The van der Waals surface area contributed by atoms with Gasteiger partial charge >= 0.3 is 0 Å². The zero-order valence-corrected chi connectivity index (χ0v) is 7.93. The second-order valence-corrected chi connectivity index (χ2v) is 2.86. The molecule has 0 spiro atoms. The first-order valence-electron chi connectivity index (χ1n) is 4.32. The molecule has 0 aliphatic heterocycles. The van der Waals surface area contributed by atoms with Crippen molar-refractivity contribution in [3.63, 3.8) is 0 Å². The topological polar surface area (TPSA) is 109 Å². The van der Waals surface area contributed by atoms with Crippen molar-refractivity contribution in [1.29, 1.82) is 0 Å². The summed E-state index contributed by atoms with van der Waals surface area (Å²) in [6, 6.07) is 0. The standard InChI is InChI=1S/C9H6N4O3/c14-5(6(15)8-10-1-2-11-8)7(16)9-12-3-4-13-9/h1-4H,(H,10,11)(H,12,13). The Morgan fingerprint density at radius 1 is 0.875 bits per heavy atom. The van der Waals surface area contributed by atoms with Crippen molar-refractivity contribution in [3.05, 3.63) is 36.4 Å². The smallest absolute Gasteiger partial charge is 0.280 e. The maximum atomic E-state index is 11.4. The van der Waals surface area contributed by atoms with Crippen molar-refractivity contribution in [2.24, 2.45) is 0 Å². The second-order valence-electron chi connectivity index (χ2n) is 2.86. The minimum Gasteiger partial charge on any atom is -0.342 e. The number of rotatable bonds is 4. The molecule has 0 fully saturated rings. The van der Waals surface area contributed by atoms with Crippen molar-refractivity contribution < 1.29 is 14.4 Å². The van der Waals surface area contributed by atoms with Crippen molar-refractivity contribution in [2.45, 2.75) is 0 Å². The third kappa shape index (κ3) is 1.65. The van der Waals surface area contributed by atoms with Crippen LogP contribution >= 0.6 is 0 Å². The van der Waals surface area contributed by atoms with Gasteiger partial charge in [0.05, 0.1) is 0 Å². The number of Topliss-reactive ketones (excluding diaryl/α,β-unsaturated/α-hetero) is 3. The molecule has 0 unspecified atom stereocenters. The van der Waals surface area contributed by atoms with Gasteiger partial charge in [-0.05, 0) is 0 Å². The first-order valence-corrected chi connectivity index (χ1v) is 4.32. The number of hydrogen-bond donors (Lipinski definition) is 2. The molecule has 0 amide bonds. The van der Waals surface area contributed by atoms with Crippen LogP contribution in [0, 0.1) is 0 Å². The molecule has 16 heavy (non-hydrogen) atoms. The average molecular weight is 218 g/mol. The molecule has 0 aliphatic rings. The molecule has 0 atom stereocenters. The van der Waals surface area contributed by atoms with E-state index >= 15 is 0 Å². The number of hydrogen-bond acceptors (Lipinski definition) is 5. The highest BCUT2D eigenvalue weighted by Gasteiger charge is 2.28. The Morgan fingerprint density at radius 3 is 1.62 bits per heavy atom. The Hall–Kier alpha value is -2.57. The molecule has 80 valence electrons. The molecule has 2 aromatic heterocycles. The van der Waals surface area contributed by atoms with Gasteiger partial charge in [-0.25, -0.2) is 9.97 Å². The number of ketones is 3. The largest absolute Gasteiger partial charge is 0.342 e. The van der Waals surface area contributed by atoms with Gasteiger partial charge in [0, 0.05) is 24.8 Å². The van der Waals surface area contributed by atoms with Crippen LogP contribution in [-0.2, 0) is 4.79 Å². The molecular weight excluding hydrogens is 212 g/mol. The van der Waals surface area contributed by atoms with Crippen LogP contribution < -0.4 is 0 Å². The van der Waals surface area contributed by atoms with E-state index < -0.39 is 17.3 Å². The van der Waals surface area contributed by atoms with E-state index in [1.165, 1.54) is 24.8 Å². The lowest BCUT2D eigenvalue weighted by Crippen LogP contribution is -2.25. The van der Waals surface area contributed by atoms with E-state index in [0.717, 1.165) is 0 Å². The molecule has 2 rings (SSSR count). The van der Waals surface area contributed by atoms with Crippen LogP contribution in [0.3, 0.4) is 0 Å². The van der Waals surface area contributed by atoms with Crippen molar-refractivity contribution in [3.8, 4) is 0 Å². The molecule has 2 aromatic rings. The van der Waals surface area contributed by atoms with E-state index in [9.17, 15) is 14.4 Å². The summed E-state index contributed by atoms with van der Waals surface area (Å²) in [5, 5.41) is 0. The summed E-state index contributed by atoms with van der Waals surface area (Å²) in [7, 11) is 0. The number of carbonyl (C=O) groups excluding carboxylic acids is 3. The minimum atomic E-state index is -1.18. The molecule has 2 heterocycles. The third-order valence-electron chi connectivity index (χ3n) is 1.84.